The number of aryl methyl sites for hydroxylation is 1. The molecule has 0 aliphatic rings. The molecule has 3 N–H and O–H groups in total. The molecule has 0 radical (unpaired) electrons. The van der Waals surface area contributed by atoms with E-state index >= 15 is 0 Å². The van der Waals surface area contributed by atoms with Crippen LogP contribution in [-0.4, -0.2) is 24.9 Å². The molecular weight excluding hydrogens is 314 g/mol. The lowest BCUT2D eigenvalue weighted by Gasteiger charge is -2.11. The van der Waals surface area contributed by atoms with Gasteiger partial charge in [0.05, 0.1) is 6.54 Å². The van der Waals surface area contributed by atoms with Crippen molar-refractivity contribution in [2.75, 3.05) is 23.7 Å². The van der Waals surface area contributed by atoms with Gasteiger partial charge in [0.1, 0.15) is 0 Å². The average Bonchev–Trinajstić information content (AvgIpc) is 2.62. The van der Waals surface area contributed by atoms with E-state index in [1.807, 2.05) is 39.0 Å². The SMILES string of the molecule is CCCNC(=O)c1ccc(NCC(=O)Nc2cccc(C)c2C)cc1. The minimum absolute atomic E-state index is 0.0823. The van der Waals surface area contributed by atoms with Crippen LogP contribution >= 0.6 is 0 Å². The van der Waals surface area contributed by atoms with E-state index in [0.717, 1.165) is 28.9 Å². The van der Waals surface area contributed by atoms with Gasteiger partial charge in [-0.3, -0.25) is 9.59 Å². The molecule has 0 atom stereocenters. The van der Waals surface area contributed by atoms with Crippen LogP contribution in [0.15, 0.2) is 42.5 Å². The molecule has 2 rings (SSSR count). The quantitative estimate of drug-likeness (QED) is 0.723. The number of amides is 2. The summed E-state index contributed by atoms with van der Waals surface area (Å²) < 4.78 is 0. The van der Waals surface area contributed by atoms with Gasteiger partial charge in [0.25, 0.3) is 5.91 Å². The van der Waals surface area contributed by atoms with Gasteiger partial charge in [-0.1, -0.05) is 19.1 Å². The van der Waals surface area contributed by atoms with Crippen molar-refractivity contribution in [2.24, 2.45) is 0 Å². The van der Waals surface area contributed by atoms with Gasteiger partial charge in [-0.15, -0.1) is 0 Å². The first-order valence-electron chi connectivity index (χ1n) is 8.49. The normalized spacial score (nSPS) is 10.2. The third-order valence-corrected chi connectivity index (χ3v) is 4.01. The van der Waals surface area contributed by atoms with Crippen molar-refractivity contribution >= 4 is 23.2 Å². The maximum absolute atomic E-state index is 12.1. The van der Waals surface area contributed by atoms with E-state index in [-0.39, 0.29) is 18.4 Å². The number of anilines is 2. The number of benzene rings is 2. The zero-order valence-electron chi connectivity index (χ0n) is 15.0. The van der Waals surface area contributed by atoms with Gasteiger partial charge in [-0.05, 0) is 61.7 Å². The Morgan fingerprint density at radius 3 is 2.40 bits per heavy atom. The predicted octanol–water partition coefficient (Wildman–Crippen LogP) is 3.49. The van der Waals surface area contributed by atoms with Gasteiger partial charge < -0.3 is 16.0 Å². The minimum Gasteiger partial charge on any atom is -0.376 e. The molecule has 5 nitrogen and oxygen atoms in total. The number of carbonyl (C=O) groups excluding carboxylic acids is 2. The molecule has 25 heavy (non-hydrogen) atoms. The Kier molecular flexibility index (Phi) is 6.57. The number of carbonyl (C=O) groups is 2. The standard InChI is InChI=1S/C20H25N3O2/c1-4-12-21-20(25)16-8-10-17(11-9-16)22-13-19(24)23-18-7-5-6-14(2)15(18)3/h5-11,22H,4,12-13H2,1-3H3,(H,21,25)(H,23,24). The van der Waals surface area contributed by atoms with E-state index in [1.54, 1.807) is 24.3 Å². The average molecular weight is 339 g/mol. The Balaban J connectivity index is 1.87. The lowest BCUT2D eigenvalue weighted by atomic mass is 10.1. The van der Waals surface area contributed by atoms with Crippen molar-refractivity contribution in [1.82, 2.24) is 5.32 Å². The van der Waals surface area contributed by atoms with Crippen molar-refractivity contribution in [3.8, 4) is 0 Å². The van der Waals surface area contributed by atoms with Crippen LogP contribution in [0.1, 0.15) is 34.8 Å². The molecule has 132 valence electrons. The third kappa shape index (κ3) is 5.35. The molecular formula is C20H25N3O2. The maximum atomic E-state index is 12.1. The van der Waals surface area contributed by atoms with Crippen molar-refractivity contribution in [1.29, 1.82) is 0 Å². The highest BCUT2D eigenvalue weighted by molar-refractivity contribution is 5.95. The summed E-state index contributed by atoms with van der Waals surface area (Å²) in [4.78, 5) is 24.0. The van der Waals surface area contributed by atoms with Gasteiger partial charge in [0.2, 0.25) is 5.91 Å². The second kappa shape index (κ2) is 8.87. The highest BCUT2D eigenvalue weighted by Gasteiger charge is 2.07. The van der Waals surface area contributed by atoms with E-state index in [2.05, 4.69) is 16.0 Å². The first-order chi connectivity index (χ1) is 12.0. The van der Waals surface area contributed by atoms with Crippen LogP contribution in [0.5, 0.6) is 0 Å². The molecule has 0 aliphatic heterocycles. The molecule has 0 unspecified atom stereocenters. The predicted molar refractivity (Wildman–Crippen MR) is 102 cm³/mol. The maximum Gasteiger partial charge on any atom is 0.251 e. The summed E-state index contributed by atoms with van der Waals surface area (Å²) in [6, 6.07) is 12.9. The zero-order chi connectivity index (χ0) is 18.2. The Morgan fingerprint density at radius 1 is 1.00 bits per heavy atom. The largest absolute Gasteiger partial charge is 0.376 e. The minimum atomic E-state index is -0.113. The highest BCUT2D eigenvalue weighted by Crippen LogP contribution is 2.17. The van der Waals surface area contributed by atoms with E-state index in [1.165, 1.54) is 0 Å². The van der Waals surface area contributed by atoms with Crippen LogP contribution in [0.25, 0.3) is 0 Å². The fourth-order valence-electron chi connectivity index (χ4n) is 2.34. The summed E-state index contributed by atoms with van der Waals surface area (Å²) in [5.74, 6) is -0.195. The summed E-state index contributed by atoms with van der Waals surface area (Å²) in [6.45, 7) is 6.84. The Morgan fingerprint density at radius 2 is 1.72 bits per heavy atom. The highest BCUT2D eigenvalue weighted by atomic mass is 16.2. The van der Waals surface area contributed by atoms with Gasteiger partial charge >= 0.3 is 0 Å². The van der Waals surface area contributed by atoms with Crippen LogP contribution in [0.2, 0.25) is 0 Å². The van der Waals surface area contributed by atoms with Gasteiger partial charge in [0, 0.05) is 23.5 Å². The van der Waals surface area contributed by atoms with E-state index in [9.17, 15) is 9.59 Å². The van der Waals surface area contributed by atoms with Crippen LogP contribution in [0.4, 0.5) is 11.4 Å². The Labute approximate surface area is 148 Å². The summed E-state index contributed by atoms with van der Waals surface area (Å²) in [5.41, 5.74) is 4.44. The van der Waals surface area contributed by atoms with E-state index in [4.69, 9.17) is 0 Å². The summed E-state index contributed by atoms with van der Waals surface area (Å²) >= 11 is 0. The topological polar surface area (TPSA) is 70.2 Å². The molecule has 0 fully saturated rings. The van der Waals surface area contributed by atoms with Crippen LogP contribution in [0, 0.1) is 13.8 Å². The lowest BCUT2D eigenvalue weighted by Crippen LogP contribution is -2.24. The van der Waals surface area contributed by atoms with Crippen LogP contribution in [0.3, 0.4) is 0 Å². The summed E-state index contributed by atoms with van der Waals surface area (Å²) in [7, 11) is 0. The lowest BCUT2D eigenvalue weighted by molar-refractivity contribution is -0.114. The Bertz CT molecular complexity index is 739. The molecule has 0 aliphatic carbocycles. The van der Waals surface area contributed by atoms with Crippen molar-refractivity contribution < 1.29 is 9.59 Å². The molecule has 5 heteroatoms. The van der Waals surface area contributed by atoms with Crippen molar-refractivity contribution in [3.05, 3.63) is 59.2 Å². The second-order valence-corrected chi connectivity index (χ2v) is 5.98. The van der Waals surface area contributed by atoms with Crippen LogP contribution < -0.4 is 16.0 Å². The molecule has 0 saturated carbocycles. The van der Waals surface area contributed by atoms with E-state index < -0.39 is 0 Å². The third-order valence-electron chi connectivity index (χ3n) is 4.01. The van der Waals surface area contributed by atoms with Gasteiger partial charge in [-0.2, -0.15) is 0 Å². The molecule has 0 spiro atoms. The molecule has 0 aromatic heterocycles. The fraction of sp³-hybridized carbons (Fsp3) is 0.300. The van der Waals surface area contributed by atoms with Crippen LogP contribution in [-0.2, 0) is 4.79 Å². The molecule has 0 bridgehead atoms. The fourth-order valence-corrected chi connectivity index (χ4v) is 2.34. The number of hydrogen-bond acceptors (Lipinski definition) is 3. The molecule has 0 heterocycles. The van der Waals surface area contributed by atoms with Crippen molar-refractivity contribution in [3.63, 3.8) is 0 Å². The second-order valence-electron chi connectivity index (χ2n) is 5.98. The molecule has 2 aromatic carbocycles. The van der Waals surface area contributed by atoms with Gasteiger partial charge in [-0.25, -0.2) is 0 Å². The summed E-state index contributed by atoms with van der Waals surface area (Å²) in [6.07, 6.45) is 0.904. The first kappa shape index (κ1) is 18.5. The first-order valence-corrected chi connectivity index (χ1v) is 8.49. The number of rotatable bonds is 7. The smallest absolute Gasteiger partial charge is 0.251 e. The monoisotopic (exact) mass is 339 g/mol. The Hall–Kier alpha value is -2.82. The summed E-state index contributed by atoms with van der Waals surface area (Å²) in [5, 5.41) is 8.80. The molecule has 2 amide bonds. The van der Waals surface area contributed by atoms with E-state index in [0.29, 0.717) is 12.1 Å². The number of hydrogen-bond donors (Lipinski definition) is 3. The molecule has 2 aromatic rings. The van der Waals surface area contributed by atoms with Crippen molar-refractivity contribution in [2.45, 2.75) is 27.2 Å². The van der Waals surface area contributed by atoms with Gasteiger partial charge in [0.15, 0.2) is 0 Å². The zero-order valence-corrected chi connectivity index (χ0v) is 15.0. The molecule has 0 saturated heterocycles. The number of nitrogens with one attached hydrogen (secondary N) is 3.